The van der Waals surface area contributed by atoms with Gasteiger partial charge in [0.2, 0.25) is 11.8 Å². The number of aliphatic carboxylic acids is 2. The van der Waals surface area contributed by atoms with E-state index in [9.17, 15) is 54.0 Å². The second-order valence-corrected chi connectivity index (χ2v) is 30.0. The number of fused-ring (bicyclic) bond motifs is 16. The molecule has 97 heavy (non-hydrogen) atoms. The Morgan fingerprint density at radius 2 is 1.33 bits per heavy atom. The van der Waals surface area contributed by atoms with Crippen LogP contribution < -0.4 is 16.4 Å². The third-order valence-corrected chi connectivity index (χ3v) is 23.3. The number of nitrogens with two attached hydrogens (primary N) is 1. The van der Waals surface area contributed by atoms with E-state index in [1.807, 2.05) is 43.5 Å². The molecule has 7 aromatic heterocycles. The van der Waals surface area contributed by atoms with Gasteiger partial charge in [-0.25, -0.2) is 34.9 Å². The van der Waals surface area contributed by atoms with Gasteiger partial charge in [-0.2, -0.15) is 0 Å². The highest BCUT2D eigenvalue weighted by Gasteiger charge is 2.46. The van der Waals surface area contributed by atoms with Crippen LogP contribution in [0, 0.1) is 25.7 Å². The maximum atomic E-state index is 15.3. The van der Waals surface area contributed by atoms with Crippen LogP contribution in [0.25, 0.3) is 43.4 Å². The van der Waals surface area contributed by atoms with Crippen molar-refractivity contribution >= 4 is 115 Å². The predicted molar refractivity (Wildman–Crippen MR) is 366 cm³/mol. The maximum absolute atomic E-state index is 15.3. The number of carbonyl (C=O) groups is 8. The van der Waals surface area contributed by atoms with Gasteiger partial charge in [-0.15, -0.1) is 68.0 Å². The largest absolute Gasteiger partial charge is 0.481 e. The fourth-order valence-electron chi connectivity index (χ4n) is 12.4. The SMILES string of the molecule is Cc1ccc(C[C@@H]2NC(=O)c3csc(n3)[C@H]([C@H](O)c3ccccc3)CC(=O)c3nc(sc3C)[C@H](CC(N)=O)NC(=O)c3csc(n3)-c3ccc(-c4nc(C(=O)N(CCCCC(=O)O)C5CCC(C(=O)O)CC5)cs4)nc3-c3csc(n3)-c3csc(n3)[C@@H]3[C@@H](C)[C@@H](O)CN3C2=O)cc1. The summed E-state index contributed by atoms with van der Waals surface area (Å²) in [6.07, 6.45) is -0.550. The van der Waals surface area contributed by atoms with E-state index in [4.69, 9.17) is 40.6 Å². The Kier molecular flexibility index (Phi) is 20.8. The molecule has 3 aliphatic rings. The lowest BCUT2D eigenvalue weighted by Crippen LogP contribution is -2.50. The molecule has 2 aromatic carbocycles. The number of thiazole rings is 6. The quantitative estimate of drug-likeness (QED) is 0.0469. The highest BCUT2D eigenvalue weighted by atomic mass is 32.1. The van der Waals surface area contributed by atoms with Crippen molar-refractivity contribution in [2.75, 3.05) is 13.1 Å². The van der Waals surface area contributed by atoms with Crippen LogP contribution in [0.4, 0.5) is 0 Å². The molecule has 1 saturated heterocycles. The Morgan fingerprint density at radius 1 is 0.680 bits per heavy atom. The first-order chi connectivity index (χ1) is 46.6. The van der Waals surface area contributed by atoms with Crippen LogP contribution in [0.2, 0.25) is 0 Å². The minimum Gasteiger partial charge on any atom is -0.481 e. The molecule has 9 heterocycles. The molecule has 1 saturated carbocycles. The summed E-state index contributed by atoms with van der Waals surface area (Å²) in [5.41, 5.74) is 10.1. The standard InChI is InChI=1S/C67H66N12O12S6/c1-32-12-14-35(15-13-32)23-43-65(88)79-26-50(81)33(2)55(79)64-75-47(30-96-64)62-72-44(27-94-62)54-39(20-21-41(69-54)61-76-48(31-95-61)66(89)78(22-8-7-11-52(83)84)38-18-16-37(17-19-38)67(90)91)59-73-45(28-92-59)57(86)70-42(25-51(68)82)63-77-53(34(3)97-63)49(80)24-40(56(85)36-9-5-4-6-10-36)60-74-46(29-93-60)58(87)71-43/h4-6,9-10,12-15,20-21,27-31,33,37-38,40,42-43,50,55-56,81,85H,7-8,11,16-19,22-26H2,1-3H3,(H2,68,82)(H,70,86)(H,71,87)(H,83,84)(H,90,91)/t33-,37?,38?,40-,42-,43-,50-,55-,56+/m0/s1. The molecule has 8 N–H and O–H groups in total. The average molecular weight is 1420 g/mol. The molecule has 12 rings (SSSR count). The van der Waals surface area contributed by atoms with Crippen molar-refractivity contribution in [2.24, 2.45) is 17.6 Å². The zero-order valence-electron chi connectivity index (χ0n) is 52.5. The predicted octanol–water partition coefficient (Wildman–Crippen LogP) is 10.1. The molecule has 2 aliphatic heterocycles. The van der Waals surface area contributed by atoms with Crippen LogP contribution >= 0.6 is 68.0 Å². The van der Waals surface area contributed by atoms with Gasteiger partial charge in [0.15, 0.2) is 5.78 Å². The number of amides is 5. The zero-order chi connectivity index (χ0) is 68.3. The molecule has 9 aromatic rings. The smallest absolute Gasteiger partial charge is 0.306 e. The average Bonchev–Trinajstić information content (AvgIpc) is 1.02. The second-order valence-electron chi connectivity index (χ2n) is 24.4. The molecule has 5 amide bonds. The van der Waals surface area contributed by atoms with E-state index in [0.717, 1.165) is 45.1 Å². The molecule has 10 bridgehead atoms. The van der Waals surface area contributed by atoms with Crippen molar-refractivity contribution < 1.29 is 58.8 Å². The van der Waals surface area contributed by atoms with Crippen LogP contribution in [0.5, 0.6) is 0 Å². The molecule has 2 fully saturated rings. The second kappa shape index (κ2) is 29.5. The number of aryl methyl sites for hydroxylation is 2. The van der Waals surface area contributed by atoms with Gasteiger partial charge in [0.1, 0.15) is 70.9 Å². The monoisotopic (exact) mass is 1420 g/mol. The summed E-state index contributed by atoms with van der Waals surface area (Å²) in [6.45, 7) is 5.64. The maximum Gasteiger partial charge on any atom is 0.306 e. The first kappa shape index (κ1) is 68.2. The van der Waals surface area contributed by atoms with Crippen molar-refractivity contribution in [3.63, 3.8) is 0 Å². The number of nitrogens with one attached hydrogen (secondary N) is 2. The Bertz CT molecular complexity index is 4440. The van der Waals surface area contributed by atoms with Crippen LogP contribution in [0.1, 0.15) is 167 Å². The molecule has 7 atom stereocenters. The van der Waals surface area contributed by atoms with Gasteiger partial charge in [0, 0.05) is 87.6 Å². The number of ketones is 1. The molecule has 1 aliphatic carbocycles. The van der Waals surface area contributed by atoms with Gasteiger partial charge < -0.3 is 46.6 Å². The number of primary amides is 1. The van der Waals surface area contributed by atoms with E-state index < -0.39 is 95.9 Å². The third-order valence-electron chi connectivity index (χ3n) is 17.7. The summed E-state index contributed by atoms with van der Waals surface area (Å²) in [5.74, 6) is -7.38. The number of carbonyl (C=O) groups excluding carboxylic acids is 6. The Labute approximate surface area is 579 Å². The van der Waals surface area contributed by atoms with Crippen LogP contribution in [-0.2, 0) is 25.6 Å². The lowest BCUT2D eigenvalue weighted by molar-refractivity contribution is -0.143. The summed E-state index contributed by atoms with van der Waals surface area (Å²) in [5, 5.41) is 59.1. The number of hydrogen-bond donors (Lipinski definition) is 7. The normalized spacial score (nSPS) is 21.1. The van der Waals surface area contributed by atoms with Gasteiger partial charge in [0.25, 0.3) is 17.7 Å². The number of aromatic nitrogens is 7. The minimum absolute atomic E-state index is 0.0206. The number of nitrogens with zero attached hydrogens (tertiary/aromatic N) is 9. The topological polar surface area (TPSA) is 364 Å². The van der Waals surface area contributed by atoms with Gasteiger partial charge in [0.05, 0.1) is 47.3 Å². The number of hydrogen-bond acceptors (Lipinski definition) is 23. The number of pyridine rings is 1. The summed E-state index contributed by atoms with van der Waals surface area (Å²) in [7, 11) is 0. The number of aliphatic hydroxyl groups excluding tert-OH is 2. The van der Waals surface area contributed by atoms with E-state index >= 15 is 4.79 Å². The number of unbranched alkanes of at least 4 members (excludes halogenated alkanes) is 1. The number of carboxylic acid groups (broad SMARTS) is 2. The highest BCUT2D eigenvalue weighted by Crippen LogP contribution is 2.44. The molecule has 0 spiro atoms. The Balaban J connectivity index is 0.930. The number of Topliss-reactive ketones (excluding diaryl/α,β-unsaturated/α-hetero) is 1. The zero-order valence-corrected chi connectivity index (χ0v) is 57.4. The molecule has 502 valence electrons. The van der Waals surface area contributed by atoms with Crippen molar-refractivity contribution in [2.45, 2.75) is 127 Å². The van der Waals surface area contributed by atoms with Crippen molar-refractivity contribution in [1.82, 2.24) is 55.3 Å². The molecule has 30 heteroatoms. The van der Waals surface area contributed by atoms with Gasteiger partial charge >= 0.3 is 11.9 Å². The molecule has 0 unspecified atom stereocenters. The summed E-state index contributed by atoms with van der Waals surface area (Å²) in [4.78, 5) is 148. The minimum atomic E-state index is -1.30. The first-order valence-electron chi connectivity index (χ1n) is 31.4. The van der Waals surface area contributed by atoms with Crippen LogP contribution in [-0.4, -0.2) is 144 Å². The third kappa shape index (κ3) is 15.2. The lowest BCUT2D eigenvalue weighted by atomic mass is 9.85. The van der Waals surface area contributed by atoms with Crippen molar-refractivity contribution in [3.05, 3.63) is 153 Å². The van der Waals surface area contributed by atoms with E-state index in [2.05, 4.69) is 10.6 Å². The molecule has 24 nitrogen and oxygen atoms in total. The molecular formula is C67H66N12O12S6. The molecular weight excluding hydrogens is 1360 g/mol. The Morgan fingerprint density at radius 3 is 2.06 bits per heavy atom. The lowest BCUT2D eigenvalue weighted by Gasteiger charge is -2.35. The van der Waals surface area contributed by atoms with Gasteiger partial charge in [-0.1, -0.05) is 67.1 Å². The Hall–Kier alpha value is -8.75. The number of benzene rings is 2. The molecule has 0 radical (unpaired) electrons. The summed E-state index contributed by atoms with van der Waals surface area (Å²) < 4.78 is 0. The van der Waals surface area contributed by atoms with E-state index in [0.29, 0.717) is 97.3 Å². The highest BCUT2D eigenvalue weighted by molar-refractivity contribution is 7.15. The van der Waals surface area contributed by atoms with E-state index in [-0.39, 0.29) is 77.1 Å². The number of rotatable bonds is 15. The van der Waals surface area contributed by atoms with E-state index in [1.165, 1.54) is 39.4 Å². The summed E-state index contributed by atoms with van der Waals surface area (Å²) in [6, 6.07) is 16.4. The number of carboxylic acids is 2. The van der Waals surface area contributed by atoms with Crippen LogP contribution in [0.15, 0.2) is 93.6 Å². The van der Waals surface area contributed by atoms with E-state index in [1.54, 1.807) is 75.3 Å². The van der Waals surface area contributed by atoms with Gasteiger partial charge in [-0.05, 0) is 75.6 Å². The number of aliphatic hydroxyl groups is 2. The summed E-state index contributed by atoms with van der Waals surface area (Å²) >= 11 is 7.01. The van der Waals surface area contributed by atoms with Crippen LogP contribution in [0.3, 0.4) is 0 Å². The van der Waals surface area contributed by atoms with Gasteiger partial charge in [-0.3, -0.25) is 38.4 Å². The fraction of sp³-hybridized carbons (Fsp3) is 0.358. The fourth-order valence-corrected chi connectivity index (χ4v) is 17.8. The van der Waals surface area contributed by atoms with Crippen molar-refractivity contribution in [1.29, 1.82) is 0 Å². The first-order valence-corrected chi connectivity index (χ1v) is 36.6. The van der Waals surface area contributed by atoms with Crippen molar-refractivity contribution in [3.8, 4) is 43.4 Å².